The minimum Gasteiger partial charge on any atom is -0.311 e. The Labute approximate surface area is 118 Å². The molecule has 1 aliphatic rings. The molecule has 3 atom stereocenters. The van der Waals surface area contributed by atoms with Crippen LogP contribution in [-0.4, -0.2) is 30.1 Å². The first-order valence-corrected chi connectivity index (χ1v) is 7.43. The topological polar surface area (TPSA) is 15.3 Å². The van der Waals surface area contributed by atoms with Gasteiger partial charge in [0.25, 0.3) is 0 Å². The Morgan fingerprint density at radius 2 is 1.84 bits per heavy atom. The molecule has 106 valence electrons. The van der Waals surface area contributed by atoms with Gasteiger partial charge in [0.05, 0.1) is 0 Å². The standard InChI is InChI=1S/C17H28N2/c1-13-11-18-16(17(3,4)5)12-19(13)14(2)15-9-7-6-8-10-15/h6-10,13-14,16,18H,11-12H2,1-5H3. The Kier molecular flexibility index (Phi) is 4.32. The highest BCUT2D eigenvalue weighted by atomic mass is 15.3. The molecule has 1 saturated heterocycles. The van der Waals surface area contributed by atoms with E-state index in [1.807, 2.05) is 0 Å². The van der Waals surface area contributed by atoms with E-state index in [1.165, 1.54) is 5.56 Å². The van der Waals surface area contributed by atoms with Crippen molar-refractivity contribution in [3.05, 3.63) is 35.9 Å². The van der Waals surface area contributed by atoms with E-state index >= 15 is 0 Å². The summed E-state index contributed by atoms with van der Waals surface area (Å²) in [6.45, 7) is 13.8. The summed E-state index contributed by atoms with van der Waals surface area (Å²) in [6, 6.07) is 12.5. The number of piperazine rings is 1. The fraction of sp³-hybridized carbons (Fsp3) is 0.647. The van der Waals surface area contributed by atoms with E-state index in [0.717, 1.165) is 13.1 Å². The second-order valence-electron chi connectivity index (χ2n) is 6.96. The number of hydrogen-bond donors (Lipinski definition) is 1. The van der Waals surface area contributed by atoms with E-state index in [1.54, 1.807) is 0 Å². The molecular formula is C17H28N2. The molecule has 19 heavy (non-hydrogen) atoms. The first kappa shape index (κ1) is 14.5. The van der Waals surface area contributed by atoms with E-state index in [0.29, 0.717) is 23.5 Å². The Balaban J connectivity index is 2.13. The molecule has 0 amide bonds. The second kappa shape index (κ2) is 5.64. The predicted molar refractivity (Wildman–Crippen MR) is 82.3 cm³/mol. The van der Waals surface area contributed by atoms with Crippen molar-refractivity contribution in [2.24, 2.45) is 5.41 Å². The summed E-state index contributed by atoms with van der Waals surface area (Å²) in [5.74, 6) is 0. The Morgan fingerprint density at radius 3 is 2.42 bits per heavy atom. The highest BCUT2D eigenvalue weighted by Crippen LogP contribution is 2.29. The lowest BCUT2D eigenvalue weighted by atomic mass is 9.84. The highest BCUT2D eigenvalue weighted by molar-refractivity contribution is 5.19. The summed E-state index contributed by atoms with van der Waals surface area (Å²) in [4.78, 5) is 2.64. The van der Waals surface area contributed by atoms with E-state index in [9.17, 15) is 0 Å². The maximum Gasteiger partial charge on any atom is 0.0323 e. The predicted octanol–water partition coefficient (Wildman–Crippen LogP) is 3.46. The van der Waals surface area contributed by atoms with E-state index < -0.39 is 0 Å². The van der Waals surface area contributed by atoms with Crippen molar-refractivity contribution in [3.8, 4) is 0 Å². The van der Waals surface area contributed by atoms with Gasteiger partial charge in [-0.3, -0.25) is 4.90 Å². The lowest BCUT2D eigenvalue weighted by Gasteiger charge is -2.46. The summed E-state index contributed by atoms with van der Waals surface area (Å²) in [7, 11) is 0. The van der Waals surface area contributed by atoms with Crippen LogP contribution in [0.2, 0.25) is 0 Å². The molecule has 1 aromatic rings. The molecule has 1 aliphatic heterocycles. The lowest BCUT2D eigenvalue weighted by molar-refractivity contribution is 0.0628. The number of benzene rings is 1. The summed E-state index contributed by atoms with van der Waals surface area (Å²) >= 11 is 0. The van der Waals surface area contributed by atoms with Crippen LogP contribution in [0.1, 0.15) is 46.2 Å². The van der Waals surface area contributed by atoms with Crippen LogP contribution in [0.3, 0.4) is 0 Å². The van der Waals surface area contributed by atoms with Gasteiger partial charge >= 0.3 is 0 Å². The average Bonchev–Trinajstić information content (AvgIpc) is 2.38. The van der Waals surface area contributed by atoms with Crippen LogP contribution in [0.15, 0.2) is 30.3 Å². The van der Waals surface area contributed by atoms with Gasteiger partial charge < -0.3 is 5.32 Å². The number of nitrogens with zero attached hydrogens (tertiary/aromatic N) is 1. The van der Waals surface area contributed by atoms with Crippen LogP contribution >= 0.6 is 0 Å². The van der Waals surface area contributed by atoms with Crippen molar-refractivity contribution in [1.29, 1.82) is 0 Å². The van der Waals surface area contributed by atoms with E-state index in [2.05, 4.69) is 75.2 Å². The van der Waals surface area contributed by atoms with Crippen molar-refractivity contribution in [1.82, 2.24) is 10.2 Å². The molecule has 1 heterocycles. The second-order valence-corrected chi connectivity index (χ2v) is 6.96. The van der Waals surface area contributed by atoms with Crippen molar-refractivity contribution in [2.75, 3.05) is 13.1 Å². The zero-order chi connectivity index (χ0) is 14.0. The van der Waals surface area contributed by atoms with Gasteiger partial charge in [-0.25, -0.2) is 0 Å². The van der Waals surface area contributed by atoms with Crippen LogP contribution in [0, 0.1) is 5.41 Å². The Bertz CT molecular complexity index is 393. The third-order valence-electron chi connectivity index (χ3n) is 4.44. The molecule has 2 rings (SSSR count). The molecule has 0 spiro atoms. The lowest BCUT2D eigenvalue weighted by Crippen LogP contribution is -2.59. The van der Waals surface area contributed by atoms with Crippen molar-refractivity contribution in [3.63, 3.8) is 0 Å². The average molecular weight is 260 g/mol. The molecule has 1 aromatic carbocycles. The highest BCUT2D eigenvalue weighted by Gasteiger charge is 2.34. The van der Waals surface area contributed by atoms with Gasteiger partial charge in [-0.2, -0.15) is 0 Å². The van der Waals surface area contributed by atoms with Crippen LogP contribution in [0.5, 0.6) is 0 Å². The van der Waals surface area contributed by atoms with Gasteiger partial charge in [-0.1, -0.05) is 51.1 Å². The number of nitrogens with one attached hydrogen (secondary N) is 1. The van der Waals surface area contributed by atoms with Crippen LogP contribution in [-0.2, 0) is 0 Å². The van der Waals surface area contributed by atoms with Gasteiger partial charge in [0.1, 0.15) is 0 Å². The van der Waals surface area contributed by atoms with Crippen molar-refractivity contribution < 1.29 is 0 Å². The largest absolute Gasteiger partial charge is 0.311 e. The normalized spacial score (nSPS) is 27.2. The Morgan fingerprint density at radius 1 is 1.21 bits per heavy atom. The quantitative estimate of drug-likeness (QED) is 0.876. The van der Waals surface area contributed by atoms with E-state index in [-0.39, 0.29) is 0 Å². The van der Waals surface area contributed by atoms with Crippen molar-refractivity contribution >= 4 is 0 Å². The smallest absolute Gasteiger partial charge is 0.0323 e. The molecule has 0 radical (unpaired) electrons. The first-order valence-electron chi connectivity index (χ1n) is 7.43. The molecule has 2 nitrogen and oxygen atoms in total. The monoisotopic (exact) mass is 260 g/mol. The van der Waals surface area contributed by atoms with Crippen LogP contribution in [0.25, 0.3) is 0 Å². The minimum atomic E-state index is 0.314. The summed E-state index contributed by atoms with van der Waals surface area (Å²) in [6.07, 6.45) is 0. The third-order valence-corrected chi connectivity index (χ3v) is 4.44. The number of hydrogen-bond acceptors (Lipinski definition) is 2. The summed E-state index contributed by atoms with van der Waals surface area (Å²) in [5, 5.41) is 3.70. The molecule has 2 heteroatoms. The fourth-order valence-corrected chi connectivity index (χ4v) is 2.93. The molecule has 0 bridgehead atoms. The summed E-state index contributed by atoms with van der Waals surface area (Å²) in [5.41, 5.74) is 1.73. The third kappa shape index (κ3) is 3.37. The first-order chi connectivity index (χ1) is 8.89. The molecule has 0 saturated carbocycles. The SMILES string of the molecule is CC1CNC(C(C)(C)C)CN1C(C)c1ccccc1. The zero-order valence-electron chi connectivity index (χ0n) is 13.0. The summed E-state index contributed by atoms with van der Waals surface area (Å²) < 4.78 is 0. The van der Waals surface area contributed by atoms with Gasteiger partial charge in [0.15, 0.2) is 0 Å². The Hall–Kier alpha value is -0.860. The van der Waals surface area contributed by atoms with Crippen LogP contribution in [0.4, 0.5) is 0 Å². The van der Waals surface area contributed by atoms with Gasteiger partial charge in [-0.15, -0.1) is 0 Å². The maximum atomic E-state index is 3.70. The van der Waals surface area contributed by atoms with Crippen LogP contribution < -0.4 is 5.32 Å². The van der Waals surface area contributed by atoms with Gasteiger partial charge in [0.2, 0.25) is 0 Å². The maximum absolute atomic E-state index is 3.70. The molecular weight excluding hydrogens is 232 g/mol. The zero-order valence-corrected chi connectivity index (χ0v) is 13.0. The van der Waals surface area contributed by atoms with Gasteiger partial charge in [0, 0.05) is 31.2 Å². The molecule has 1 N–H and O–H groups in total. The molecule has 1 fully saturated rings. The molecule has 0 aliphatic carbocycles. The van der Waals surface area contributed by atoms with E-state index in [4.69, 9.17) is 0 Å². The molecule has 3 unspecified atom stereocenters. The van der Waals surface area contributed by atoms with Gasteiger partial charge in [-0.05, 0) is 24.8 Å². The fourth-order valence-electron chi connectivity index (χ4n) is 2.93. The number of rotatable bonds is 2. The minimum absolute atomic E-state index is 0.314. The van der Waals surface area contributed by atoms with Crippen molar-refractivity contribution in [2.45, 2.75) is 52.7 Å². The molecule has 0 aromatic heterocycles.